The van der Waals surface area contributed by atoms with Crippen molar-refractivity contribution in [1.82, 2.24) is 4.90 Å². The van der Waals surface area contributed by atoms with Gasteiger partial charge in [-0.3, -0.25) is 4.90 Å². The first-order valence-electron chi connectivity index (χ1n) is 5.15. The summed E-state index contributed by atoms with van der Waals surface area (Å²) in [5.41, 5.74) is 6.61. The molecule has 1 rings (SSSR count). The van der Waals surface area contributed by atoms with Gasteiger partial charge in [0.1, 0.15) is 0 Å². The first-order chi connectivity index (χ1) is 6.72. The van der Waals surface area contributed by atoms with Gasteiger partial charge in [-0.15, -0.1) is 0 Å². The van der Waals surface area contributed by atoms with Crippen LogP contribution in [0.4, 0.5) is 0 Å². The van der Waals surface area contributed by atoms with Crippen LogP contribution in [-0.4, -0.2) is 37.2 Å². The number of hydrogen-bond acceptors (Lipinski definition) is 3. The van der Waals surface area contributed by atoms with Gasteiger partial charge in [-0.25, -0.2) is 0 Å². The lowest BCUT2D eigenvalue weighted by Gasteiger charge is -2.33. The van der Waals surface area contributed by atoms with E-state index in [1.54, 1.807) is 7.11 Å². The zero-order valence-electron chi connectivity index (χ0n) is 9.23. The molecule has 3 heteroatoms. The molecule has 0 saturated carbocycles. The Morgan fingerprint density at radius 3 is 2.57 bits per heavy atom. The van der Waals surface area contributed by atoms with Crippen molar-refractivity contribution in [3.8, 4) is 0 Å². The van der Waals surface area contributed by atoms with E-state index in [9.17, 15) is 0 Å². The topological polar surface area (TPSA) is 38.5 Å². The summed E-state index contributed by atoms with van der Waals surface area (Å²) >= 11 is 0. The largest absolute Gasteiger partial charge is 0.399 e. The molecule has 0 amide bonds. The number of ether oxygens (including phenoxy) is 1. The van der Waals surface area contributed by atoms with E-state index in [2.05, 4.69) is 24.8 Å². The van der Waals surface area contributed by atoms with E-state index in [4.69, 9.17) is 10.5 Å². The molecule has 0 saturated heterocycles. The summed E-state index contributed by atoms with van der Waals surface area (Å²) in [6, 6.07) is 0.278. The van der Waals surface area contributed by atoms with Crippen molar-refractivity contribution in [3.05, 3.63) is 23.9 Å². The van der Waals surface area contributed by atoms with Gasteiger partial charge in [0.25, 0.3) is 0 Å². The minimum absolute atomic E-state index is 0.127. The van der Waals surface area contributed by atoms with Gasteiger partial charge >= 0.3 is 0 Å². The molecule has 1 aliphatic rings. The molecule has 0 heterocycles. The van der Waals surface area contributed by atoms with Gasteiger partial charge in [0.15, 0.2) is 0 Å². The van der Waals surface area contributed by atoms with Crippen molar-refractivity contribution >= 4 is 0 Å². The lowest BCUT2D eigenvalue weighted by molar-refractivity contribution is 0.0670. The average Bonchev–Trinajstić information content (AvgIpc) is 2.20. The third-order valence-corrected chi connectivity index (χ3v) is 2.68. The van der Waals surface area contributed by atoms with Crippen LogP contribution in [-0.2, 0) is 4.74 Å². The van der Waals surface area contributed by atoms with Crippen molar-refractivity contribution in [1.29, 1.82) is 0 Å². The fourth-order valence-electron chi connectivity index (χ4n) is 1.84. The summed E-state index contributed by atoms with van der Waals surface area (Å²) in [6.07, 6.45) is 6.13. The summed E-state index contributed by atoms with van der Waals surface area (Å²) < 4.78 is 5.41. The predicted octanol–water partition coefficient (Wildman–Crippen LogP) is 1.12. The molecule has 0 aromatic rings. The fraction of sp³-hybridized carbons (Fsp3) is 0.636. The van der Waals surface area contributed by atoms with Crippen molar-refractivity contribution < 1.29 is 4.74 Å². The van der Waals surface area contributed by atoms with Crippen LogP contribution in [0.15, 0.2) is 23.9 Å². The molecular weight excluding hydrogens is 176 g/mol. The lowest BCUT2D eigenvalue weighted by Crippen LogP contribution is -2.43. The normalized spacial score (nSPS) is 26.7. The van der Waals surface area contributed by atoms with E-state index in [-0.39, 0.29) is 12.1 Å². The second-order valence-corrected chi connectivity index (χ2v) is 3.44. The van der Waals surface area contributed by atoms with Crippen molar-refractivity contribution in [3.63, 3.8) is 0 Å². The first kappa shape index (κ1) is 11.3. The highest BCUT2D eigenvalue weighted by atomic mass is 16.5. The molecule has 80 valence electrons. The second-order valence-electron chi connectivity index (χ2n) is 3.44. The monoisotopic (exact) mass is 196 g/mol. The minimum atomic E-state index is 0.127. The molecule has 0 bridgehead atoms. The maximum atomic E-state index is 5.78. The van der Waals surface area contributed by atoms with E-state index >= 15 is 0 Å². The predicted molar refractivity (Wildman–Crippen MR) is 58.9 cm³/mol. The smallest absolute Gasteiger partial charge is 0.0947 e. The number of hydrogen-bond donors (Lipinski definition) is 1. The molecule has 0 aromatic carbocycles. The van der Waals surface area contributed by atoms with E-state index in [0.29, 0.717) is 0 Å². The van der Waals surface area contributed by atoms with Crippen LogP contribution in [0.25, 0.3) is 0 Å². The van der Waals surface area contributed by atoms with Crippen LogP contribution >= 0.6 is 0 Å². The molecule has 3 nitrogen and oxygen atoms in total. The maximum Gasteiger partial charge on any atom is 0.0947 e. The number of likely N-dealkylation sites (N-methyl/N-ethyl adjacent to an activating group) is 1. The Kier molecular flexibility index (Phi) is 4.17. The highest BCUT2D eigenvalue weighted by Crippen LogP contribution is 2.16. The molecule has 2 N–H and O–H groups in total. The molecule has 14 heavy (non-hydrogen) atoms. The van der Waals surface area contributed by atoms with Crippen LogP contribution in [0.3, 0.4) is 0 Å². The summed E-state index contributed by atoms with van der Waals surface area (Å²) in [7, 11) is 1.74. The van der Waals surface area contributed by atoms with Crippen molar-refractivity contribution in [2.24, 2.45) is 5.73 Å². The van der Waals surface area contributed by atoms with Gasteiger partial charge in [0, 0.05) is 12.8 Å². The van der Waals surface area contributed by atoms with Gasteiger partial charge in [0.2, 0.25) is 0 Å². The van der Waals surface area contributed by atoms with Gasteiger partial charge in [-0.1, -0.05) is 19.9 Å². The fourth-order valence-corrected chi connectivity index (χ4v) is 1.84. The van der Waals surface area contributed by atoms with Gasteiger partial charge < -0.3 is 10.5 Å². The molecule has 2 unspecified atom stereocenters. The standard InChI is InChI=1S/C11H20N2O/c1-4-13(5-2)10-8-9(12)6-7-11(10)14-3/h6-8,10-11H,4-5,12H2,1-3H3. The number of nitrogens with zero attached hydrogens (tertiary/aromatic N) is 1. The lowest BCUT2D eigenvalue weighted by atomic mass is 10.0. The van der Waals surface area contributed by atoms with E-state index < -0.39 is 0 Å². The van der Waals surface area contributed by atoms with Crippen molar-refractivity contribution in [2.45, 2.75) is 26.0 Å². The van der Waals surface area contributed by atoms with E-state index in [1.165, 1.54) is 0 Å². The summed E-state index contributed by atoms with van der Waals surface area (Å²) in [5, 5.41) is 0. The van der Waals surface area contributed by atoms with Crippen LogP contribution in [0.5, 0.6) is 0 Å². The molecule has 0 aromatic heterocycles. The Hall–Kier alpha value is -0.800. The highest BCUT2D eigenvalue weighted by molar-refractivity contribution is 5.26. The zero-order valence-corrected chi connectivity index (χ0v) is 9.23. The van der Waals surface area contributed by atoms with Crippen LogP contribution < -0.4 is 5.73 Å². The van der Waals surface area contributed by atoms with Crippen LogP contribution in [0, 0.1) is 0 Å². The Labute approximate surface area is 86.2 Å². The minimum Gasteiger partial charge on any atom is -0.399 e. The van der Waals surface area contributed by atoms with E-state index in [1.807, 2.05) is 12.2 Å². The maximum absolute atomic E-state index is 5.78. The SMILES string of the molecule is CCN(CC)C1C=C(N)C=CC1OC. The quantitative estimate of drug-likeness (QED) is 0.732. The third-order valence-electron chi connectivity index (χ3n) is 2.68. The molecule has 2 atom stereocenters. The number of rotatable bonds is 4. The Morgan fingerprint density at radius 1 is 1.43 bits per heavy atom. The van der Waals surface area contributed by atoms with Gasteiger partial charge in [-0.05, 0) is 25.2 Å². The number of allylic oxidation sites excluding steroid dienone is 1. The summed E-state index contributed by atoms with van der Waals surface area (Å²) in [5.74, 6) is 0. The third kappa shape index (κ3) is 2.36. The first-order valence-corrected chi connectivity index (χ1v) is 5.15. The highest BCUT2D eigenvalue weighted by Gasteiger charge is 2.24. The average molecular weight is 196 g/mol. The van der Waals surface area contributed by atoms with Gasteiger partial charge in [-0.2, -0.15) is 0 Å². The number of nitrogens with two attached hydrogens (primary N) is 1. The molecule has 0 aliphatic heterocycles. The second kappa shape index (κ2) is 5.17. The van der Waals surface area contributed by atoms with Crippen molar-refractivity contribution in [2.75, 3.05) is 20.2 Å². The molecule has 0 spiro atoms. The molecule has 0 radical (unpaired) electrons. The summed E-state index contributed by atoms with van der Waals surface area (Å²) in [4.78, 5) is 2.34. The van der Waals surface area contributed by atoms with E-state index in [0.717, 1.165) is 18.8 Å². The van der Waals surface area contributed by atoms with Crippen LogP contribution in [0.2, 0.25) is 0 Å². The molecular formula is C11H20N2O. The van der Waals surface area contributed by atoms with Gasteiger partial charge in [0.05, 0.1) is 12.1 Å². The Balaban J connectivity index is 2.77. The molecule has 1 aliphatic carbocycles. The Morgan fingerprint density at radius 2 is 2.07 bits per heavy atom. The molecule has 0 fully saturated rings. The summed E-state index contributed by atoms with van der Waals surface area (Å²) in [6.45, 7) is 6.33. The Bertz CT molecular complexity index is 231. The van der Waals surface area contributed by atoms with Crippen LogP contribution in [0.1, 0.15) is 13.8 Å². The number of methoxy groups -OCH3 is 1. The zero-order chi connectivity index (χ0) is 10.6.